The predicted octanol–water partition coefficient (Wildman–Crippen LogP) is 2.36. The minimum atomic E-state index is -4.84. The Kier molecular flexibility index (Phi) is 7.89. The number of amides is 2. The van der Waals surface area contributed by atoms with E-state index in [0.717, 1.165) is 29.5 Å². The van der Waals surface area contributed by atoms with Gasteiger partial charge in [-0.1, -0.05) is 16.5 Å². The molecule has 192 valence electrons. The number of nitrogens with two attached hydrogens (primary N) is 2. The molecule has 2 heterocycles. The van der Waals surface area contributed by atoms with Crippen LogP contribution in [0.1, 0.15) is 32.8 Å². The van der Waals surface area contributed by atoms with Gasteiger partial charge >= 0.3 is 6.36 Å². The molecular weight excluding hydrogens is 512 g/mol. The van der Waals surface area contributed by atoms with Crippen molar-refractivity contribution in [2.45, 2.75) is 19.3 Å². The van der Waals surface area contributed by atoms with Gasteiger partial charge in [-0.2, -0.15) is 0 Å². The van der Waals surface area contributed by atoms with Crippen LogP contribution in [0.4, 0.5) is 34.2 Å². The molecule has 0 fully saturated rings. The molecule has 1 aromatic carbocycles. The quantitative estimate of drug-likeness (QED) is 0.203. The number of ether oxygens (including phenoxy) is 1. The summed E-state index contributed by atoms with van der Waals surface area (Å²) in [6.07, 6.45) is -4.84. The number of anilines is 3. The third-order valence-electron chi connectivity index (χ3n) is 4.58. The zero-order chi connectivity index (χ0) is 26.6. The van der Waals surface area contributed by atoms with Gasteiger partial charge in [0.05, 0.1) is 6.61 Å². The number of hydrogen-bond donors (Lipinski definition) is 3. The molecule has 16 heteroatoms. The fourth-order valence-electron chi connectivity index (χ4n) is 2.84. The molecule has 1 atom stereocenters. The summed E-state index contributed by atoms with van der Waals surface area (Å²) in [4.78, 5) is 42.2. The van der Waals surface area contributed by atoms with E-state index in [-0.39, 0.29) is 21.5 Å². The Labute approximate surface area is 204 Å². The smallest absolute Gasteiger partial charge is 0.382 e. The average Bonchev–Trinajstić information content (AvgIpc) is 3.44. The summed E-state index contributed by atoms with van der Waals surface area (Å²) in [5.41, 5.74) is 11.3. The van der Waals surface area contributed by atoms with Gasteiger partial charge in [0.1, 0.15) is 22.6 Å². The molecule has 2 amide bonds. The van der Waals surface area contributed by atoms with Gasteiger partial charge in [-0.05, 0) is 31.2 Å². The maximum Gasteiger partial charge on any atom is 0.522 e. The highest BCUT2D eigenvalue weighted by Crippen LogP contribution is 2.36. The van der Waals surface area contributed by atoms with Crippen molar-refractivity contribution in [3.8, 4) is 0 Å². The molecular formula is C20H18F4N6O5S. The molecule has 3 aromatic rings. The first-order valence-corrected chi connectivity index (χ1v) is 10.8. The number of carbonyl (C=O) groups is 3. The van der Waals surface area contributed by atoms with E-state index in [0.29, 0.717) is 5.69 Å². The number of carbonyl (C=O) groups excluding carboxylic acids is 3. The number of ketones is 1. The number of nitrogens with zero attached hydrogens (tertiary/aromatic N) is 3. The molecule has 0 saturated heterocycles. The van der Waals surface area contributed by atoms with Crippen LogP contribution in [0.5, 0.6) is 0 Å². The summed E-state index contributed by atoms with van der Waals surface area (Å²) in [5, 5.41) is 5.66. The molecule has 0 aliphatic carbocycles. The third kappa shape index (κ3) is 6.33. The Hall–Kier alpha value is -4.05. The highest BCUT2D eigenvalue weighted by atomic mass is 32.1. The van der Waals surface area contributed by atoms with Crippen LogP contribution in [0.15, 0.2) is 34.9 Å². The average molecular weight is 530 g/mol. The number of thiazole rings is 1. The summed E-state index contributed by atoms with van der Waals surface area (Å²) in [5.74, 6) is -3.57. The highest BCUT2D eigenvalue weighted by Gasteiger charge is 2.30. The van der Waals surface area contributed by atoms with Crippen LogP contribution >= 0.6 is 11.3 Å². The Balaban J connectivity index is 1.79. The summed E-state index contributed by atoms with van der Waals surface area (Å²) < 4.78 is 57.8. The van der Waals surface area contributed by atoms with Gasteiger partial charge in [0.15, 0.2) is 10.8 Å². The maximum atomic E-state index is 13.4. The number of primary amides is 1. The number of nitrogen functional groups attached to an aromatic ring is 1. The molecule has 0 aliphatic rings. The van der Waals surface area contributed by atoms with Crippen molar-refractivity contribution in [2.75, 3.05) is 23.8 Å². The van der Waals surface area contributed by atoms with E-state index in [1.54, 1.807) is 0 Å². The fraction of sp³-hybridized carbons (Fsp3) is 0.250. The van der Waals surface area contributed by atoms with Crippen LogP contribution in [0, 0.1) is 5.82 Å². The second-order valence-corrected chi connectivity index (χ2v) is 8.07. The minimum Gasteiger partial charge on any atom is -0.382 e. The number of aromatic nitrogens is 2. The molecule has 0 aliphatic heterocycles. The van der Waals surface area contributed by atoms with Gasteiger partial charge < -0.3 is 26.2 Å². The van der Waals surface area contributed by atoms with Gasteiger partial charge in [-0.3, -0.25) is 19.1 Å². The zero-order valence-corrected chi connectivity index (χ0v) is 19.2. The van der Waals surface area contributed by atoms with Gasteiger partial charge in [0.25, 0.3) is 5.91 Å². The highest BCUT2D eigenvalue weighted by molar-refractivity contribution is 7.18. The molecule has 0 spiro atoms. The lowest BCUT2D eigenvalue weighted by atomic mass is 10.2. The Morgan fingerprint density at radius 2 is 1.92 bits per heavy atom. The normalized spacial score (nSPS) is 12.2. The summed E-state index contributed by atoms with van der Waals surface area (Å²) in [7, 11) is 0. The second kappa shape index (κ2) is 10.7. The van der Waals surface area contributed by atoms with Gasteiger partial charge in [-0.25, -0.2) is 9.37 Å². The Morgan fingerprint density at radius 3 is 2.53 bits per heavy atom. The zero-order valence-electron chi connectivity index (χ0n) is 18.3. The monoisotopic (exact) mass is 530 g/mol. The van der Waals surface area contributed by atoms with Crippen molar-refractivity contribution in [3.05, 3.63) is 52.5 Å². The van der Waals surface area contributed by atoms with Crippen LogP contribution in [0.25, 0.3) is 0 Å². The van der Waals surface area contributed by atoms with E-state index < -0.39 is 54.7 Å². The molecule has 2 aromatic heterocycles. The topological polar surface area (TPSA) is 167 Å². The first-order chi connectivity index (χ1) is 16.9. The summed E-state index contributed by atoms with van der Waals surface area (Å²) >= 11 is 0.779. The van der Waals surface area contributed by atoms with Crippen molar-refractivity contribution >= 4 is 45.6 Å². The lowest BCUT2D eigenvalue weighted by Crippen LogP contribution is -2.39. The van der Waals surface area contributed by atoms with E-state index in [2.05, 4.69) is 20.2 Å². The fourth-order valence-corrected chi connectivity index (χ4v) is 3.87. The molecule has 0 unspecified atom stereocenters. The third-order valence-corrected chi connectivity index (χ3v) is 5.65. The predicted molar refractivity (Wildman–Crippen MR) is 118 cm³/mol. The number of rotatable bonds is 10. The molecule has 0 radical (unpaired) electrons. The van der Waals surface area contributed by atoms with Crippen LogP contribution in [0.2, 0.25) is 0 Å². The standard InChI is InChI=1S/C20H18F4N6O5S/c1-9(17(26)32)30(11-4-2-10(21)3-5-11)19-28-16(25)15(36-19)14(31)13-8-12(29-35-13)18(33)27-6-7-34-20(22,23)24/h2-5,8-9H,6-7,25H2,1H3,(H2,26,32)(H,27,33)/t9-/m1/s1. The van der Waals surface area contributed by atoms with Crippen molar-refractivity contribution in [1.29, 1.82) is 0 Å². The first kappa shape index (κ1) is 26.6. The molecule has 3 rings (SSSR count). The van der Waals surface area contributed by atoms with Gasteiger partial charge in [0, 0.05) is 18.3 Å². The van der Waals surface area contributed by atoms with E-state index >= 15 is 0 Å². The van der Waals surface area contributed by atoms with Crippen molar-refractivity contribution in [2.24, 2.45) is 5.73 Å². The van der Waals surface area contributed by atoms with E-state index in [4.69, 9.17) is 16.0 Å². The lowest BCUT2D eigenvalue weighted by molar-refractivity contribution is -0.323. The van der Waals surface area contributed by atoms with E-state index in [1.165, 1.54) is 24.0 Å². The van der Waals surface area contributed by atoms with Gasteiger partial charge in [0.2, 0.25) is 17.5 Å². The maximum absolute atomic E-state index is 13.4. The van der Waals surface area contributed by atoms with Crippen LogP contribution in [-0.2, 0) is 9.53 Å². The number of halogens is 4. The number of hydrogen-bond acceptors (Lipinski definition) is 10. The number of alkyl halides is 3. The summed E-state index contributed by atoms with van der Waals surface area (Å²) in [6.45, 7) is 0.177. The number of nitrogens with one attached hydrogen (secondary N) is 1. The SMILES string of the molecule is C[C@H](C(N)=O)N(c1ccc(F)cc1)c1nc(N)c(C(=O)c2cc(C(=O)NCCOC(F)(F)F)no2)s1. The van der Waals surface area contributed by atoms with Crippen molar-refractivity contribution in [3.63, 3.8) is 0 Å². The molecule has 36 heavy (non-hydrogen) atoms. The first-order valence-electron chi connectivity index (χ1n) is 9.98. The van der Waals surface area contributed by atoms with Crippen molar-refractivity contribution < 1.29 is 41.2 Å². The van der Waals surface area contributed by atoms with E-state index in [9.17, 15) is 31.9 Å². The van der Waals surface area contributed by atoms with Crippen LogP contribution < -0.4 is 21.7 Å². The number of benzene rings is 1. The van der Waals surface area contributed by atoms with Crippen molar-refractivity contribution in [1.82, 2.24) is 15.5 Å². The molecule has 11 nitrogen and oxygen atoms in total. The largest absolute Gasteiger partial charge is 0.522 e. The Bertz CT molecular complexity index is 1260. The molecule has 0 saturated carbocycles. The Morgan fingerprint density at radius 1 is 1.25 bits per heavy atom. The molecule has 5 N–H and O–H groups in total. The van der Waals surface area contributed by atoms with Crippen LogP contribution in [-0.4, -0.2) is 53.3 Å². The second-order valence-electron chi connectivity index (χ2n) is 7.09. The van der Waals surface area contributed by atoms with E-state index in [1.807, 2.05) is 0 Å². The summed E-state index contributed by atoms with van der Waals surface area (Å²) in [6, 6.07) is 5.12. The lowest BCUT2D eigenvalue weighted by Gasteiger charge is -2.26. The van der Waals surface area contributed by atoms with Crippen LogP contribution in [0.3, 0.4) is 0 Å². The van der Waals surface area contributed by atoms with Gasteiger partial charge in [-0.15, -0.1) is 13.2 Å². The molecule has 0 bridgehead atoms. The minimum absolute atomic E-state index is 0.0934.